The molecule has 0 saturated carbocycles. The van der Waals surface area contributed by atoms with E-state index >= 15 is 0 Å². The third-order valence-electron chi connectivity index (χ3n) is 5.44. The number of hydrogen-bond donors (Lipinski definition) is 7. The van der Waals surface area contributed by atoms with Crippen LogP contribution in [0.5, 0.6) is 0 Å². The molecule has 10 N–H and O–H groups in total. The molecule has 0 aromatic carbocycles. The number of nitro groups is 3. The van der Waals surface area contributed by atoms with Crippen LogP contribution in [0.3, 0.4) is 0 Å². The molecule has 3 amide bonds. The van der Waals surface area contributed by atoms with Crippen LogP contribution < -0.4 is 33.6 Å². The van der Waals surface area contributed by atoms with Crippen molar-refractivity contribution in [2.45, 2.75) is 60.8 Å². The lowest BCUT2D eigenvalue weighted by atomic mass is 10.1. The number of hydrogen-bond acceptors (Lipinski definition) is 17. The van der Waals surface area contributed by atoms with Gasteiger partial charge in [-0.3, -0.25) is 44.7 Å². The third-order valence-corrected chi connectivity index (χ3v) is 5.44. The lowest BCUT2D eigenvalue weighted by Gasteiger charge is -2.11. The highest BCUT2D eigenvalue weighted by Gasteiger charge is 2.13. The molecule has 47 heavy (non-hydrogen) atoms. The van der Waals surface area contributed by atoms with Crippen molar-refractivity contribution < 1.29 is 29.2 Å². The summed E-state index contributed by atoms with van der Waals surface area (Å²) in [7, 11) is 0. The van der Waals surface area contributed by atoms with Gasteiger partial charge in [-0.2, -0.15) is 4.91 Å². The highest BCUT2D eigenvalue weighted by molar-refractivity contribution is 5.92. The van der Waals surface area contributed by atoms with E-state index in [4.69, 9.17) is 22.1 Å². The van der Waals surface area contributed by atoms with Gasteiger partial charge in [0.05, 0.1) is 31.9 Å². The Kier molecular flexibility index (Phi) is 26.8. The fourth-order valence-electron chi connectivity index (χ4n) is 2.71. The summed E-state index contributed by atoms with van der Waals surface area (Å²) in [4.78, 5) is 69.1. The number of amides is 3. The molecule has 0 aromatic heterocycles. The van der Waals surface area contributed by atoms with Gasteiger partial charge < -0.3 is 49.3 Å². The number of carbonyl (C=O) groups excluding carboxylic acids is 3. The van der Waals surface area contributed by atoms with E-state index in [0.717, 1.165) is 18.2 Å². The maximum Gasteiger partial charge on any atom is 0.263 e. The van der Waals surface area contributed by atoms with E-state index < -0.39 is 49.6 Å². The molecule has 0 heterocycles. The summed E-state index contributed by atoms with van der Waals surface area (Å²) in [5.74, 6) is -2.86. The Balaban J connectivity index is -0.000000287. The number of allylic oxidation sites excluding steroid dienone is 9. The molecule has 23 nitrogen and oxygen atoms in total. The summed E-state index contributed by atoms with van der Waals surface area (Å²) in [6.45, 7) is 8.88. The fourth-order valence-corrected chi connectivity index (χ4v) is 2.71. The first-order valence-corrected chi connectivity index (χ1v) is 12.7. The molecule has 0 aliphatic rings. The van der Waals surface area contributed by atoms with Crippen molar-refractivity contribution >= 4 is 17.7 Å². The second kappa shape index (κ2) is 26.3. The molecule has 0 aliphatic heterocycles. The van der Waals surface area contributed by atoms with Gasteiger partial charge in [0.2, 0.25) is 17.1 Å². The topological polar surface area (TPSA) is 405 Å². The number of rotatable bonds is 15. The quantitative estimate of drug-likeness (QED) is 0.0426. The molecule has 0 unspecified atom stereocenters. The van der Waals surface area contributed by atoms with E-state index in [1.54, 1.807) is 20.8 Å². The zero-order chi connectivity index (χ0) is 38.0. The average molecular weight is 674 g/mol. The van der Waals surface area contributed by atoms with Crippen molar-refractivity contribution in [3.05, 3.63) is 120 Å². The van der Waals surface area contributed by atoms with E-state index in [9.17, 15) is 60.3 Å². The average Bonchev–Trinajstić information content (AvgIpc) is 3.02. The number of carbonyl (C=O) groups is 3. The number of nitrogens with one attached hydrogen (secondary N) is 4. The van der Waals surface area contributed by atoms with E-state index in [1.165, 1.54) is 37.2 Å². The maximum atomic E-state index is 10.7. The van der Waals surface area contributed by atoms with Crippen LogP contribution in [-0.4, -0.2) is 32.5 Å². The molecule has 0 aromatic rings. The van der Waals surface area contributed by atoms with Crippen LogP contribution in [0.2, 0.25) is 0 Å². The molecule has 264 valence electrons. The fraction of sp³-hybridized carbons (Fsp3) is 0.375. The van der Waals surface area contributed by atoms with Gasteiger partial charge in [0.25, 0.3) is 17.7 Å². The molecule has 0 saturated heterocycles. The summed E-state index contributed by atoms with van der Waals surface area (Å²) in [6.07, 6.45) is 4.25. The Hall–Kier alpha value is -6.07. The number of nitroso groups, excluding NO2 is 1. The van der Waals surface area contributed by atoms with Gasteiger partial charge in [0.1, 0.15) is 0 Å². The standard InChI is InChI=1S/3C8H12N3O4.HNO/c3*1-3-6(5(2)11(14)15)4-7(10-13)8(9)12;1-2/h3*4,10H,3H2,1-2H3,(H2,9,12);1H/q3*-1;/b6-5-,7-4-;;;. The first kappa shape index (κ1) is 47.8. The molecule has 23 heteroatoms. The molecule has 0 fully saturated rings. The molecule has 0 aliphatic carbocycles. The minimum atomic E-state index is -0.952. The highest BCUT2D eigenvalue weighted by atomic mass is 16.6. The summed E-state index contributed by atoms with van der Waals surface area (Å²) in [6, 6.07) is 0. The summed E-state index contributed by atoms with van der Waals surface area (Å²) >= 11 is 0. The largest absolute Gasteiger partial charge is 0.761 e. The summed E-state index contributed by atoms with van der Waals surface area (Å²) in [5.41, 5.74) is 22.4. The van der Waals surface area contributed by atoms with Crippen LogP contribution >= 0.6 is 0 Å². The van der Waals surface area contributed by atoms with Crippen LogP contribution in [0.4, 0.5) is 0 Å². The third kappa shape index (κ3) is 19.8. The van der Waals surface area contributed by atoms with Gasteiger partial charge in [-0.15, -0.1) is 0 Å². The minimum absolute atomic E-state index is 0.119. The highest BCUT2D eigenvalue weighted by Crippen LogP contribution is 2.14. The van der Waals surface area contributed by atoms with Crippen LogP contribution in [0, 0.1) is 56.5 Å². The predicted octanol–water partition coefficient (Wildman–Crippen LogP) is 1.54. The SMILES string of the molecule is CCC(/C=C(\N[O-])C(N)=O)=C(\C)[N+](=O)[O-].CCC(C=C(N[O-])C(N)=O)=C(C)[N+](=O)[O-].CCC(C=C(N[O-])C(N)=O)=C(C)[N+](=O)[O-].N=O. The Morgan fingerprint density at radius 2 is 0.723 bits per heavy atom. The summed E-state index contributed by atoms with van der Waals surface area (Å²) in [5, 5.41) is 62.2. The van der Waals surface area contributed by atoms with Gasteiger partial charge in [-0.25, -0.2) is 0 Å². The van der Waals surface area contributed by atoms with Gasteiger partial charge in [-0.1, -0.05) is 26.4 Å². The Morgan fingerprint density at radius 1 is 0.553 bits per heavy atom. The molecule has 0 radical (unpaired) electrons. The maximum absolute atomic E-state index is 10.7. The molecule has 0 atom stereocenters. The zero-order valence-corrected chi connectivity index (χ0v) is 26.2. The molecule has 0 spiro atoms. The van der Waals surface area contributed by atoms with E-state index in [2.05, 4.69) is 5.59 Å². The van der Waals surface area contributed by atoms with Gasteiger partial charge in [0.15, 0.2) is 0 Å². The van der Waals surface area contributed by atoms with Crippen LogP contribution in [0.25, 0.3) is 0 Å². The van der Waals surface area contributed by atoms with Gasteiger partial charge >= 0.3 is 0 Å². The second-order valence-corrected chi connectivity index (χ2v) is 8.24. The monoisotopic (exact) mass is 673 g/mol. The molecule has 0 bridgehead atoms. The molecule has 0 rings (SSSR count). The second-order valence-electron chi connectivity index (χ2n) is 8.24. The zero-order valence-electron chi connectivity index (χ0n) is 26.2. The summed E-state index contributed by atoms with van der Waals surface area (Å²) < 4.78 is 0. The van der Waals surface area contributed by atoms with Gasteiger partial charge in [-0.05, 0) is 37.5 Å². The number of nitrogens with two attached hydrogens (primary N) is 3. The number of primary amides is 3. The smallest absolute Gasteiger partial charge is 0.263 e. The Labute approximate surface area is 267 Å². The minimum Gasteiger partial charge on any atom is -0.761 e. The Morgan fingerprint density at radius 3 is 0.809 bits per heavy atom. The first-order chi connectivity index (χ1) is 21.8. The van der Waals surface area contributed by atoms with Crippen LogP contribution in [0.1, 0.15) is 60.8 Å². The van der Waals surface area contributed by atoms with E-state index in [1.807, 2.05) is 0 Å². The predicted molar refractivity (Wildman–Crippen MR) is 167 cm³/mol. The normalized spacial score (nSPS) is 12.7. The lowest BCUT2D eigenvalue weighted by Crippen LogP contribution is -2.22. The lowest BCUT2D eigenvalue weighted by molar-refractivity contribution is -0.425. The number of hydroxylamine groups is 3. The Bertz CT molecular complexity index is 1180. The van der Waals surface area contributed by atoms with Crippen molar-refractivity contribution in [3.8, 4) is 0 Å². The molecular weight excluding hydrogens is 636 g/mol. The van der Waals surface area contributed by atoms with Crippen molar-refractivity contribution in [2.75, 3.05) is 0 Å². The van der Waals surface area contributed by atoms with E-state index in [0.29, 0.717) is 19.3 Å². The van der Waals surface area contributed by atoms with Crippen LogP contribution in [-0.2, 0) is 14.4 Å². The van der Waals surface area contributed by atoms with Crippen molar-refractivity contribution in [1.82, 2.24) is 16.4 Å². The van der Waals surface area contributed by atoms with Crippen molar-refractivity contribution in [3.63, 3.8) is 0 Å². The van der Waals surface area contributed by atoms with Gasteiger partial charge in [0, 0.05) is 37.5 Å². The number of nitrogens with zero attached hydrogens (tertiary/aromatic N) is 3. The molecular formula is C24H37N10O13-3. The van der Waals surface area contributed by atoms with Crippen molar-refractivity contribution in [2.24, 2.45) is 17.2 Å². The van der Waals surface area contributed by atoms with Crippen molar-refractivity contribution in [1.29, 1.82) is 5.59 Å². The van der Waals surface area contributed by atoms with Crippen LogP contribution in [0.15, 0.2) is 69.1 Å². The van der Waals surface area contributed by atoms with E-state index in [-0.39, 0.29) is 33.8 Å². The first-order valence-electron chi connectivity index (χ1n) is 12.7.